The molecule has 3 nitrogen and oxygen atoms in total. The average molecular weight is 272 g/mol. The van der Waals surface area contributed by atoms with E-state index >= 15 is 0 Å². The molecule has 3 heteroatoms. The number of fused-ring (bicyclic) bond motifs is 1. The largest absolute Gasteiger partial charge is 0.496 e. The van der Waals surface area contributed by atoms with Gasteiger partial charge in [-0.15, -0.1) is 0 Å². The predicted octanol–water partition coefficient (Wildman–Crippen LogP) is 3.59. The van der Waals surface area contributed by atoms with E-state index in [1.165, 1.54) is 7.11 Å². The van der Waals surface area contributed by atoms with Crippen molar-refractivity contribution in [3.63, 3.8) is 0 Å². The molecule has 2 rings (SSSR count). The van der Waals surface area contributed by atoms with Gasteiger partial charge in [-0.05, 0) is 31.2 Å². The number of carbonyl (C=O) groups excluding carboxylic acids is 1. The van der Waals surface area contributed by atoms with Gasteiger partial charge in [-0.2, -0.15) is 0 Å². The molecule has 0 bridgehead atoms. The Balaban J connectivity index is 2.47. The lowest BCUT2D eigenvalue weighted by atomic mass is 9.85. The van der Waals surface area contributed by atoms with Crippen LogP contribution in [0.3, 0.4) is 0 Å². The van der Waals surface area contributed by atoms with Gasteiger partial charge in [-0.1, -0.05) is 36.4 Å². The Morgan fingerprint density at radius 1 is 1.10 bits per heavy atom. The van der Waals surface area contributed by atoms with Crippen LogP contribution in [0.1, 0.15) is 19.4 Å². The number of hydrogen-bond acceptors (Lipinski definition) is 3. The van der Waals surface area contributed by atoms with Gasteiger partial charge in [-0.25, -0.2) is 0 Å². The molecule has 20 heavy (non-hydrogen) atoms. The SMILES string of the molecule is COC(=O)C(C)(C)Cc1ccc2ccccc2c1OC. The van der Waals surface area contributed by atoms with Crippen molar-refractivity contribution < 1.29 is 14.3 Å². The van der Waals surface area contributed by atoms with Gasteiger partial charge >= 0.3 is 5.97 Å². The second kappa shape index (κ2) is 5.53. The van der Waals surface area contributed by atoms with E-state index in [1.807, 2.05) is 44.2 Å². The highest BCUT2D eigenvalue weighted by Crippen LogP contribution is 2.34. The molecule has 2 aromatic rings. The maximum Gasteiger partial charge on any atom is 0.311 e. The third-order valence-electron chi connectivity index (χ3n) is 3.54. The molecule has 0 aromatic heterocycles. The lowest BCUT2D eigenvalue weighted by molar-refractivity contribution is -0.150. The third-order valence-corrected chi connectivity index (χ3v) is 3.54. The van der Waals surface area contributed by atoms with Crippen LogP contribution in [0.25, 0.3) is 10.8 Å². The number of carbonyl (C=O) groups is 1. The molecule has 0 spiro atoms. The van der Waals surface area contributed by atoms with Crippen LogP contribution in [0.4, 0.5) is 0 Å². The molecule has 0 radical (unpaired) electrons. The standard InChI is InChI=1S/C17H20O3/c1-17(2,16(18)20-4)11-13-10-9-12-7-5-6-8-14(12)15(13)19-3/h5-10H,11H2,1-4H3. The molecule has 0 aliphatic heterocycles. The summed E-state index contributed by atoms with van der Waals surface area (Å²) in [6, 6.07) is 12.1. The van der Waals surface area contributed by atoms with Crippen molar-refractivity contribution in [3.05, 3.63) is 42.0 Å². The Morgan fingerprint density at radius 3 is 2.45 bits per heavy atom. The van der Waals surface area contributed by atoms with E-state index in [4.69, 9.17) is 9.47 Å². The lowest BCUT2D eigenvalue weighted by Gasteiger charge is -2.23. The van der Waals surface area contributed by atoms with Gasteiger partial charge < -0.3 is 9.47 Å². The first kappa shape index (κ1) is 14.4. The van der Waals surface area contributed by atoms with Crippen molar-refractivity contribution in [2.75, 3.05) is 14.2 Å². The number of esters is 1. The molecule has 0 amide bonds. The van der Waals surface area contributed by atoms with E-state index in [2.05, 4.69) is 6.07 Å². The molecular weight excluding hydrogens is 252 g/mol. The highest BCUT2D eigenvalue weighted by molar-refractivity contribution is 5.90. The quantitative estimate of drug-likeness (QED) is 0.798. The van der Waals surface area contributed by atoms with Crippen molar-refractivity contribution in [2.45, 2.75) is 20.3 Å². The molecule has 0 saturated carbocycles. The van der Waals surface area contributed by atoms with Crippen LogP contribution in [-0.4, -0.2) is 20.2 Å². The van der Waals surface area contributed by atoms with Gasteiger partial charge in [0.2, 0.25) is 0 Å². The molecule has 0 saturated heterocycles. The van der Waals surface area contributed by atoms with E-state index < -0.39 is 5.41 Å². The van der Waals surface area contributed by atoms with Crippen LogP contribution >= 0.6 is 0 Å². The fourth-order valence-electron chi connectivity index (χ4n) is 2.49. The Morgan fingerprint density at radius 2 is 1.80 bits per heavy atom. The Hall–Kier alpha value is -2.03. The van der Waals surface area contributed by atoms with Gasteiger partial charge in [0.05, 0.1) is 19.6 Å². The van der Waals surface area contributed by atoms with Crippen molar-refractivity contribution >= 4 is 16.7 Å². The van der Waals surface area contributed by atoms with Crippen molar-refractivity contribution in [2.24, 2.45) is 5.41 Å². The van der Waals surface area contributed by atoms with E-state index in [0.717, 1.165) is 22.1 Å². The summed E-state index contributed by atoms with van der Waals surface area (Å²) in [5.41, 5.74) is 0.436. The van der Waals surface area contributed by atoms with E-state index in [0.29, 0.717) is 6.42 Å². The highest BCUT2D eigenvalue weighted by Gasteiger charge is 2.30. The Bertz CT molecular complexity index is 629. The molecule has 0 unspecified atom stereocenters. The van der Waals surface area contributed by atoms with Crippen LogP contribution in [0, 0.1) is 5.41 Å². The van der Waals surface area contributed by atoms with Crippen LogP contribution in [0.5, 0.6) is 5.75 Å². The molecule has 0 aliphatic rings. The third kappa shape index (κ3) is 2.62. The first-order chi connectivity index (χ1) is 9.49. The molecule has 0 atom stereocenters. The fourth-order valence-corrected chi connectivity index (χ4v) is 2.49. The summed E-state index contributed by atoms with van der Waals surface area (Å²) in [5, 5.41) is 2.19. The van der Waals surface area contributed by atoms with Crippen molar-refractivity contribution in [1.29, 1.82) is 0 Å². The van der Waals surface area contributed by atoms with Gasteiger partial charge in [0.25, 0.3) is 0 Å². The molecule has 0 heterocycles. The molecular formula is C17H20O3. The number of rotatable bonds is 4. The van der Waals surface area contributed by atoms with Crippen LogP contribution in [0.2, 0.25) is 0 Å². The maximum absolute atomic E-state index is 11.8. The number of ether oxygens (including phenoxy) is 2. The van der Waals surface area contributed by atoms with E-state index in [-0.39, 0.29) is 5.97 Å². The normalized spacial score (nSPS) is 11.4. The summed E-state index contributed by atoms with van der Waals surface area (Å²) in [5.74, 6) is 0.618. The second-order valence-electron chi connectivity index (χ2n) is 5.53. The Kier molecular flexibility index (Phi) is 3.98. The molecule has 0 N–H and O–H groups in total. The zero-order valence-corrected chi connectivity index (χ0v) is 12.4. The molecule has 106 valence electrons. The lowest BCUT2D eigenvalue weighted by Crippen LogP contribution is -2.28. The summed E-state index contributed by atoms with van der Waals surface area (Å²) in [4.78, 5) is 11.8. The molecule has 0 fully saturated rings. The smallest absolute Gasteiger partial charge is 0.311 e. The fraction of sp³-hybridized carbons (Fsp3) is 0.353. The van der Waals surface area contributed by atoms with Gasteiger partial charge in [0, 0.05) is 5.39 Å². The maximum atomic E-state index is 11.8. The van der Waals surface area contributed by atoms with Gasteiger partial charge in [0.1, 0.15) is 5.75 Å². The highest BCUT2D eigenvalue weighted by atomic mass is 16.5. The number of hydrogen-bond donors (Lipinski definition) is 0. The summed E-state index contributed by atoms with van der Waals surface area (Å²) >= 11 is 0. The summed E-state index contributed by atoms with van der Waals surface area (Å²) in [6.45, 7) is 3.76. The minimum absolute atomic E-state index is 0.215. The number of benzene rings is 2. The minimum Gasteiger partial charge on any atom is -0.496 e. The summed E-state index contributed by atoms with van der Waals surface area (Å²) < 4.78 is 10.4. The van der Waals surface area contributed by atoms with Gasteiger partial charge in [0.15, 0.2) is 0 Å². The van der Waals surface area contributed by atoms with Crippen LogP contribution in [-0.2, 0) is 16.0 Å². The average Bonchev–Trinajstić information content (AvgIpc) is 2.45. The monoisotopic (exact) mass is 272 g/mol. The van der Waals surface area contributed by atoms with Crippen molar-refractivity contribution in [3.8, 4) is 5.75 Å². The molecule has 0 aliphatic carbocycles. The zero-order valence-electron chi connectivity index (χ0n) is 12.4. The zero-order chi connectivity index (χ0) is 14.8. The first-order valence-electron chi connectivity index (χ1n) is 6.62. The Labute approximate surface area is 119 Å². The predicted molar refractivity (Wildman–Crippen MR) is 80.0 cm³/mol. The summed E-state index contributed by atoms with van der Waals surface area (Å²) in [7, 11) is 3.08. The topological polar surface area (TPSA) is 35.5 Å². The van der Waals surface area contributed by atoms with E-state index in [1.54, 1.807) is 7.11 Å². The second-order valence-corrected chi connectivity index (χ2v) is 5.53. The van der Waals surface area contributed by atoms with Crippen molar-refractivity contribution in [1.82, 2.24) is 0 Å². The van der Waals surface area contributed by atoms with E-state index in [9.17, 15) is 4.79 Å². The first-order valence-corrected chi connectivity index (χ1v) is 6.62. The summed E-state index contributed by atoms with van der Waals surface area (Å²) in [6.07, 6.45) is 0.577. The number of methoxy groups -OCH3 is 2. The van der Waals surface area contributed by atoms with Crippen LogP contribution < -0.4 is 4.74 Å². The van der Waals surface area contributed by atoms with Gasteiger partial charge in [-0.3, -0.25) is 4.79 Å². The minimum atomic E-state index is -0.579. The molecule has 2 aromatic carbocycles. The van der Waals surface area contributed by atoms with Crippen LogP contribution in [0.15, 0.2) is 36.4 Å².